The number of hydrogen-bond acceptors (Lipinski definition) is 5. The van der Waals surface area contributed by atoms with Crippen LogP contribution in [0.1, 0.15) is 43.1 Å². The van der Waals surface area contributed by atoms with Crippen LogP contribution in [0.2, 0.25) is 0 Å². The van der Waals surface area contributed by atoms with Crippen LogP contribution >= 0.6 is 11.8 Å². The Kier molecular flexibility index (Phi) is 5.34. The van der Waals surface area contributed by atoms with Gasteiger partial charge >= 0.3 is 0 Å². The highest BCUT2D eigenvalue weighted by molar-refractivity contribution is 8.01. The summed E-state index contributed by atoms with van der Waals surface area (Å²) in [5.74, 6) is 3.16. The first-order valence-electron chi connectivity index (χ1n) is 11.9. The smallest absolute Gasteiger partial charge is 0.216 e. The monoisotopic (exact) mass is 446 g/mol. The van der Waals surface area contributed by atoms with E-state index < -0.39 is 6.10 Å². The molecule has 5 heteroatoms. The summed E-state index contributed by atoms with van der Waals surface area (Å²) in [5, 5.41) is 11.8. The van der Waals surface area contributed by atoms with Gasteiger partial charge in [-0.15, -0.1) is 11.8 Å². The Labute approximate surface area is 194 Å². The van der Waals surface area contributed by atoms with Gasteiger partial charge < -0.3 is 9.84 Å². The number of thioether (sulfide) groups is 1. The zero-order chi connectivity index (χ0) is 21.7. The quantitative estimate of drug-likeness (QED) is 0.655. The van der Waals surface area contributed by atoms with E-state index in [4.69, 9.17) is 9.72 Å². The van der Waals surface area contributed by atoms with Gasteiger partial charge in [-0.2, -0.15) is 4.98 Å². The van der Waals surface area contributed by atoms with Gasteiger partial charge in [0.05, 0.1) is 24.8 Å². The van der Waals surface area contributed by atoms with E-state index in [0.29, 0.717) is 40.6 Å². The molecule has 0 saturated carbocycles. The molecule has 32 heavy (non-hydrogen) atoms. The van der Waals surface area contributed by atoms with Crippen molar-refractivity contribution in [3.05, 3.63) is 72.3 Å². The zero-order valence-electron chi connectivity index (χ0n) is 18.4. The minimum absolute atomic E-state index is 0.180. The standard InChI is InChI=1S/C27H30N2O2S/c1-31-25-15-21(28-27(29-25)18-10-4-6-12-22(18)30)20-14-24-26(17-9-3-2-8-16(17)20)19-11-5-7-13-23(19)32-24/h2-5,8-11,14-19,22-24,26,30H,6-7,12-13H2,1H3. The maximum atomic E-state index is 10.6. The molecule has 1 aromatic heterocycles. The minimum atomic E-state index is -0.449. The highest BCUT2D eigenvalue weighted by atomic mass is 32.2. The Morgan fingerprint density at radius 3 is 2.69 bits per heavy atom. The van der Waals surface area contributed by atoms with E-state index in [2.05, 4.69) is 65.4 Å². The number of fused-ring (bicyclic) bond motifs is 5. The number of rotatable bonds is 3. The third-order valence-electron chi connectivity index (χ3n) is 7.80. The van der Waals surface area contributed by atoms with E-state index in [1.54, 1.807) is 7.11 Å². The van der Waals surface area contributed by atoms with Crippen LogP contribution < -0.4 is 4.74 Å². The molecule has 4 aliphatic carbocycles. The third-order valence-corrected chi connectivity index (χ3v) is 9.46. The summed E-state index contributed by atoms with van der Waals surface area (Å²) in [6.45, 7) is 0. The number of aromatic nitrogens is 2. The van der Waals surface area contributed by atoms with Crippen molar-refractivity contribution >= 4 is 17.3 Å². The van der Waals surface area contributed by atoms with E-state index >= 15 is 0 Å². The molecular formula is C27H30N2O2S. The Bertz CT molecular complexity index is 1040. The molecule has 0 amide bonds. The largest absolute Gasteiger partial charge is 0.481 e. The number of allylic oxidation sites excluding steroid dienone is 8. The maximum absolute atomic E-state index is 10.6. The SMILES string of the molecule is COc1cc(C2=CC3SC4CCC=CC4C3C3C=CC=CC23)nc(C2C=CCCC2O)n1. The van der Waals surface area contributed by atoms with Crippen molar-refractivity contribution in [2.75, 3.05) is 7.11 Å². The lowest BCUT2D eigenvalue weighted by Crippen LogP contribution is -2.36. The number of methoxy groups -OCH3 is 1. The molecule has 0 spiro atoms. The Balaban J connectivity index is 1.43. The first kappa shape index (κ1) is 20.5. The third kappa shape index (κ3) is 3.41. The van der Waals surface area contributed by atoms with Gasteiger partial charge in [0.25, 0.3) is 0 Å². The Morgan fingerprint density at radius 1 is 0.969 bits per heavy atom. The van der Waals surface area contributed by atoms with Gasteiger partial charge in [-0.25, -0.2) is 4.98 Å². The van der Waals surface area contributed by atoms with Crippen LogP contribution in [0.5, 0.6) is 5.88 Å². The minimum Gasteiger partial charge on any atom is -0.481 e. The first-order chi connectivity index (χ1) is 15.7. The summed E-state index contributed by atoms with van der Waals surface area (Å²) in [4.78, 5) is 9.66. The highest BCUT2D eigenvalue weighted by Gasteiger charge is 2.50. The van der Waals surface area contributed by atoms with Gasteiger partial charge in [0, 0.05) is 22.5 Å². The number of nitrogens with zero attached hydrogens (tertiary/aromatic N) is 2. The van der Waals surface area contributed by atoms with E-state index in [1.165, 1.54) is 18.4 Å². The lowest BCUT2D eigenvalue weighted by Gasteiger charge is -2.40. The summed E-state index contributed by atoms with van der Waals surface area (Å²) in [6, 6.07) is 1.98. The van der Waals surface area contributed by atoms with Crippen molar-refractivity contribution < 1.29 is 9.84 Å². The van der Waals surface area contributed by atoms with Crippen molar-refractivity contribution in [2.24, 2.45) is 23.7 Å². The van der Waals surface area contributed by atoms with Gasteiger partial charge in [0.1, 0.15) is 5.82 Å². The fourth-order valence-electron chi connectivity index (χ4n) is 6.27. The maximum Gasteiger partial charge on any atom is 0.216 e. The van der Waals surface area contributed by atoms with Crippen LogP contribution in [0.25, 0.3) is 5.57 Å². The number of aliphatic hydroxyl groups is 1. The lowest BCUT2D eigenvalue weighted by atomic mass is 9.64. The zero-order valence-corrected chi connectivity index (χ0v) is 19.2. The van der Waals surface area contributed by atoms with Crippen molar-refractivity contribution in [2.45, 2.75) is 48.2 Å². The van der Waals surface area contributed by atoms with Crippen LogP contribution in [-0.4, -0.2) is 38.8 Å². The second-order valence-corrected chi connectivity index (χ2v) is 11.0. The number of aliphatic hydroxyl groups excluding tert-OH is 1. The molecule has 1 aliphatic heterocycles. The van der Waals surface area contributed by atoms with Gasteiger partial charge in [0.15, 0.2) is 0 Å². The lowest BCUT2D eigenvalue weighted by molar-refractivity contribution is 0.142. The molecule has 1 N–H and O–H groups in total. The molecule has 2 heterocycles. The van der Waals surface area contributed by atoms with E-state index in [0.717, 1.165) is 23.8 Å². The Morgan fingerprint density at radius 2 is 1.81 bits per heavy atom. The number of ether oxygens (including phenoxy) is 1. The summed E-state index contributed by atoms with van der Waals surface area (Å²) < 4.78 is 5.58. The van der Waals surface area contributed by atoms with Crippen LogP contribution in [-0.2, 0) is 0 Å². The summed E-state index contributed by atoms with van der Waals surface area (Å²) in [6.07, 6.45) is 24.4. The second kappa shape index (κ2) is 8.35. The predicted octanol–water partition coefficient (Wildman–Crippen LogP) is 5.10. The average molecular weight is 447 g/mol. The molecule has 8 atom stereocenters. The Hall–Kier alpha value is -2.11. The topological polar surface area (TPSA) is 55.2 Å². The van der Waals surface area contributed by atoms with Crippen molar-refractivity contribution in [3.8, 4) is 5.88 Å². The molecule has 1 saturated heterocycles. The summed E-state index contributed by atoms with van der Waals surface area (Å²) in [5.41, 5.74) is 2.22. The van der Waals surface area contributed by atoms with Crippen LogP contribution in [0.3, 0.4) is 0 Å². The normalized spacial score (nSPS) is 39.2. The van der Waals surface area contributed by atoms with Gasteiger partial charge in [-0.1, -0.05) is 54.7 Å². The molecule has 0 radical (unpaired) electrons. The fraction of sp³-hybridized carbons (Fsp3) is 0.481. The molecule has 166 valence electrons. The van der Waals surface area contributed by atoms with E-state index in [1.807, 2.05) is 12.1 Å². The molecule has 0 bridgehead atoms. The summed E-state index contributed by atoms with van der Waals surface area (Å²) >= 11 is 2.16. The molecule has 6 rings (SSSR count). The summed E-state index contributed by atoms with van der Waals surface area (Å²) in [7, 11) is 1.66. The van der Waals surface area contributed by atoms with Gasteiger partial charge in [0.2, 0.25) is 5.88 Å². The average Bonchev–Trinajstić information content (AvgIpc) is 3.22. The molecule has 4 nitrogen and oxygen atoms in total. The first-order valence-corrected chi connectivity index (χ1v) is 12.8. The van der Waals surface area contributed by atoms with Crippen LogP contribution in [0.15, 0.2) is 60.8 Å². The molecule has 8 unspecified atom stereocenters. The van der Waals surface area contributed by atoms with E-state index in [-0.39, 0.29) is 5.92 Å². The molecular weight excluding hydrogens is 416 g/mol. The molecule has 0 aromatic carbocycles. The molecule has 5 aliphatic rings. The van der Waals surface area contributed by atoms with Crippen molar-refractivity contribution in [1.29, 1.82) is 0 Å². The van der Waals surface area contributed by atoms with E-state index in [9.17, 15) is 5.11 Å². The van der Waals surface area contributed by atoms with Crippen molar-refractivity contribution in [3.63, 3.8) is 0 Å². The predicted molar refractivity (Wildman–Crippen MR) is 129 cm³/mol. The molecule has 1 aromatic rings. The van der Waals surface area contributed by atoms with Crippen molar-refractivity contribution in [1.82, 2.24) is 9.97 Å². The van der Waals surface area contributed by atoms with Crippen LogP contribution in [0.4, 0.5) is 0 Å². The highest BCUT2D eigenvalue weighted by Crippen LogP contribution is 2.57. The van der Waals surface area contributed by atoms with Crippen LogP contribution in [0, 0.1) is 23.7 Å². The number of hydrogen-bond donors (Lipinski definition) is 1. The second-order valence-electron chi connectivity index (χ2n) is 9.55. The van der Waals surface area contributed by atoms with Gasteiger partial charge in [-0.3, -0.25) is 0 Å². The van der Waals surface area contributed by atoms with Gasteiger partial charge in [-0.05, 0) is 49.0 Å². The molecule has 1 fully saturated rings. The fourth-order valence-corrected chi connectivity index (χ4v) is 8.17.